The van der Waals surface area contributed by atoms with Crippen molar-refractivity contribution in [3.63, 3.8) is 0 Å². The summed E-state index contributed by atoms with van der Waals surface area (Å²) in [7, 11) is 1.72. The van der Waals surface area contributed by atoms with Crippen molar-refractivity contribution in [1.29, 1.82) is 0 Å². The van der Waals surface area contributed by atoms with E-state index in [1.165, 1.54) is 0 Å². The highest BCUT2D eigenvalue weighted by atomic mass is 16.2. The molecule has 7 heteroatoms. The second kappa shape index (κ2) is 4.25. The zero-order valence-corrected chi connectivity index (χ0v) is 10.1. The third-order valence-electron chi connectivity index (χ3n) is 2.98. The summed E-state index contributed by atoms with van der Waals surface area (Å²) in [5.41, 5.74) is 0.948. The lowest BCUT2D eigenvalue weighted by Crippen LogP contribution is -2.27. The number of rotatable bonds is 4. The van der Waals surface area contributed by atoms with Gasteiger partial charge in [0.25, 0.3) is 5.91 Å². The molecule has 2 heterocycles. The van der Waals surface area contributed by atoms with Gasteiger partial charge in [0.2, 0.25) is 5.82 Å². The Bertz CT molecular complexity index is 542. The average Bonchev–Trinajstić information content (AvgIpc) is 2.91. The molecule has 1 saturated carbocycles. The van der Waals surface area contributed by atoms with Crippen LogP contribution in [0.2, 0.25) is 0 Å². The topological polar surface area (TPSA) is 90.6 Å². The highest BCUT2D eigenvalue weighted by molar-refractivity contribution is 5.90. The summed E-state index contributed by atoms with van der Waals surface area (Å²) < 4.78 is 0. The van der Waals surface area contributed by atoms with Crippen LogP contribution in [0.4, 0.5) is 0 Å². The number of carbonyl (C=O) groups excluding carboxylic acids is 1. The lowest BCUT2D eigenvalue weighted by atomic mass is 10.3. The molecule has 1 amide bonds. The summed E-state index contributed by atoms with van der Waals surface area (Å²) in [4.78, 5) is 17.9. The third-order valence-corrected chi connectivity index (χ3v) is 2.98. The third kappa shape index (κ3) is 2.11. The molecule has 0 atom stereocenters. The second-order valence-corrected chi connectivity index (χ2v) is 4.59. The summed E-state index contributed by atoms with van der Waals surface area (Å²) in [6.45, 7) is 0.489. The van der Waals surface area contributed by atoms with Crippen molar-refractivity contribution in [3.05, 3.63) is 29.6 Å². The number of carbonyl (C=O) groups is 1. The average molecular weight is 246 g/mol. The molecular formula is C11H14N6O. The molecule has 0 spiro atoms. The fourth-order valence-corrected chi connectivity index (χ4v) is 1.79. The van der Waals surface area contributed by atoms with Crippen molar-refractivity contribution in [2.75, 3.05) is 7.05 Å². The van der Waals surface area contributed by atoms with E-state index < -0.39 is 0 Å². The largest absolute Gasteiger partial charge is 0.334 e. The highest BCUT2D eigenvalue weighted by Gasteiger charge is 2.28. The van der Waals surface area contributed by atoms with E-state index in [1.807, 2.05) is 0 Å². The van der Waals surface area contributed by atoms with Crippen molar-refractivity contribution in [2.45, 2.75) is 25.3 Å². The molecule has 7 nitrogen and oxygen atoms in total. The van der Waals surface area contributed by atoms with Gasteiger partial charge in [-0.2, -0.15) is 5.10 Å². The zero-order valence-electron chi connectivity index (χ0n) is 10.1. The number of nitrogens with one attached hydrogen (secondary N) is 2. The lowest BCUT2D eigenvalue weighted by Gasteiger charge is -2.13. The fraction of sp³-hybridized carbons (Fsp3) is 0.455. The van der Waals surface area contributed by atoms with Crippen LogP contribution in [0.25, 0.3) is 0 Å². The number of aromatic amines is 2. The van der Waals surface area contributed by atoms with Crippen molar-refractivity contribution in [2.24, 2.45) is 0 Å². The van der Waals surface area contributed by atoms with E-state index in [4.69, 9.17) is 0 Å². The SMILES string of the molecule is CN(Cc1cn[nH]c1)C(=O)c1n[nH]c(C2CC2)n1. The van der Waals surface area contributed by atoms with Crippen LogP contribution >= 0.6 is 0 Å². The molecule has 2 aromatic rings. The predicted molar refractivity (Wildman–Crippen MR) is 62.7 cm³/mol. The summed E-state index contributed by atoms with van der Waals surface area (Å²) in [5.74, 6) is 1.36. The van der Waals surface area contributed by atoms with Crippen LogP contribution in [0.15, 0.2) is 12.4 Å². The Labute approximate surface area is 104 Å². The maximum Gasteiger partial charge on any atom is 0.293 e. The molecule has 0 unspecified atom stereocenters. The van der Waals surface area contributed by atoms with Gasteiger partial charge in [-0.3, -0.25) is 15.0 Å². The van der Waals surface area contributed by atoms with E-state index in [2.05, 4.69) is 25.4 Å². The maximum absolute atomic E-state index is 12.1. The van der Waals surface area contributed by atoms with Gasteiger partial charge < -0.3 is 4.90 Å². The molecule has 18 heavy (non-hydrogen) atoms. The standard InChI is InChI=1S/C11H14N6O/c1-17(6-7-4-12-13-5-7)11(18)10-14-9(15-16-10)8-2-3-8/h4-5,8H,2-3,6H2,1H3,(H,12,13)(H,14,15,16). The van der Waals surface area contributed by atoms with Gasteiger partial charge in [-0.05, 0) is 12.8 Å². The zero-order chi connectivity index (χ0) is 12.5. The van der Waals surface area contributed by atoms with Gasteiger partial charge in [-0.25, -0.2) is 4.98 Å². The molecule has 2 aromatic heterocycles. The van der Waals surface area contributed by atoms with Gasteiger partial charge in [0.1, 0.15) is 5.82 Å². The first-order chi connectivity index (χ1) is 8.74. The van der Waals surface area contributed by atoms with E-state index in [0.29, 0.717) is 12.5 Å². The van der Waals surface area contributed by atoms with E-state index >= 15 is 0 Å². The predicted octanol–water partition coefficient (Wildman–Crippen LogP) is 0.677. The molecule has 0 aromatic carbocycles. The molecule has 2 N–H and O–H groups in total. The number of hydrogen-bond acceptors (Lipinski definition) is 4. The summed E-state index contributed by atoms with van der Waals surface area (Å²) in [6, 6.07) is 0. The number of H-pyrrole nitrogens is 2. The minimum atomic E-state index is -0.181. The molecule has 1 aliphatic carbocycles. The van der Waals surface area contributed by atoms with E-state index in [0.717, 1.165) is 24.2 Å². The fourth-order valence-electron chi connectivity index (χ4n) is 1.79. The quantitative estimate of drug-likeness (QED) is 0.829. The molecule has 3 rings (SSSR count). The summed E-state index contributed by atoms with van der Waals surface area (Å²) >= 11 is 0. The number of nitrogens with zero attached hydrogens (tertiary/aromatic N) is 4. The smallest absolute Gasteiger partial charge is 0.293 e. The summed E-state index contributed by atoms with van der Waals surface area (Å²) in [5, 5.41) is 13.4. The van der Waals surface area contributed by atoms with Gasteiger partial charge in [0, 0.05) is 31.3 Å². The van der Waals surface area contributed by atoms with Gasteiger partial charge in [0.15, 0.2) is 0 Å². The first-order valence-corrected chi connectivity index (χ1v) is 5.89. The molecular weight excluding hydrogens is 232 g/mol. The Morgan fingerprint density at radius 2 is 2.39 bits per heavy atom. The number of amides is 1. The Balaban J connectivity index is 1.68. The van der Waals surface area contributed by atoms with Crippen LogP contribution in [0.1, 0.15) is 40.8 Å². The Morgan fingerprint density at radius 3 is 3.06 bits per heavy atom. The second-order valence-electron chi connectivity index (χ2n) is 4.59. The lowest BCUT2D eigenvalue weighted by molar-refractivity contribution is 0.0773. The van der Waals surface area contributed by atoms with Crippen molar-refractivity contribution >= 4 is 5.91 Å². The van der Waals surface area contributed by atoms with Crippen LogP contribution in [0.5, 0.6) is 0 Å². The normalized spacial score (nSPS) is 14.7. The Morgan fingerprint density at radius 1 is 1.56 bits per heavy atom. The summed E-state index contributed by atoms with van der Waals surface area (Å²) in [6.07, 6.45) is 5.72. The molecule has 0 bridgehead atoms. The number of aromatic nitrogens is 5. The first kappa shape index (κ1) is 10.9. The minimum Gasteiger partial charge on any atom is -0.334 e. The molecule has 1 aliphatic rings. The van der Waals surface area contributed by atoms with E-state index in [-0.39, 0.29) is 11.7 Å². The molecule has 0 saturated heterocycles. The van der Waals surface area contributed by atoms with Gasteiger partial charge >= 0.3 is 0 Å². The Hall–Kier alpha value is -2.18. The molecule has 0 aliphatic heterocycles. The minimum absolute atomic E-state index is 0.181. The molecule has 0 radical (unpaired) electrons. The van der Waals surface area contributed by atoms with Gasteiger partial charge in [-0.15, -0.1) is 5.10 Å². The Kier molecular flexibility index (Phi) is 2.58. The van der Waals surface area contributed by atoms with Crippen LogP contribution in [0, 0.1) is 0 Å². The van der Waals surface area contributed by atoms with E-state index in [1.54, 1.807) is 24.3 Å². The van der Waals surface area contributed by atoms with Crippen molar-refractivity contribution in [1.82, 2.24) is 30.3 Å². The molecule has 94 valence electrons. The number of hydrogen-bond donors (Lipinski definition) is 2. The van der Waals surface area contributed by atoms with Crippen LogP contribution in [0.3, 0.4) is 0 Å². The van der Waals surface area contributed by atoms with Gasteiger partial charge in [-0.1, -0.05) is 0 Å². The maximum atomic E-state index is 12.1. The van der Waals surface area contributed by atoms with Gasteiger partial charge in [0.05, 0.1) is 6.20 Å². The molecule has 1 fully saturated rings. The van der Waals surface area contributed by atoms with Crippen molar-refractivity contribution < 1.29 is 4.79 Å². The van der Waals surface area contributed by atoms with Crippen molar-refractivity contribution in [3.8, 4) is 0 Å². The van der Waals surface area contributed by atoms with Crippen LogP contribution in [-0.2, 0) is 6.54 Å². The first-order valence-electron chi connectivity index (χ1n) is 5.89. The van der Waals surface area contributed by atoms with Crippen LogP contribution < -0.4 is 0 Å². The highest BCUT2D eigenvalue weighted by Crippen LogP contribution is 2.37. The van der Waals surface area contributed by atoms with E-state index in [9.17, 15) is 4.79 Å². The van der Waals surface area contributed by atoms with Crippen LogP contribution in [-0.4, -0.2) is 43.2 Å². The monoisotopic (exact) mass is 246 g/mol.